The van der Waals surface area contributed by atoms with Crippen LogP contribution in [0.5, 0.6) is 5.75 Å². The second kappa shape index (κ2) is 9.98. The number of benzene rings is 1. The molecule has 0 aromatic heterocycles. The number of carbonyl (C=O) groups excluding carboxylic acids is 5. The van der Waals surface area contributed by atoms with Crippen molar-refractivity contribution in [1.82, 2.24) is 30.1 Å². The molecule has 5 atom stereocenters. The molecule has 0 aliphatic carbocycles. The predicted molar refractivity (Wildman–Crippen MR) is 137 cm³/mol. The number of carboxylic acid groups (broad SMARTS) is 1. The van der Waals surface area contributed by atoms with Gasteiger partial charge in [-0.25, -0.2) is 32.0 Å². The number of sulfonamides is 1. The first-order chi connectivity index (χ1) is 19.0. The van der Waals surface area contributed by atoms with E-state index in [0.29, 0.717) is 9.21 Å². The van der Waals surface area contributed by atoms with Gasteiger partial charge in [0.05, 0.1) is 34.9 Å². The number of hydrogen-bond acceptors (Lipinski definition) is 10. The average molecular weight is 615 g/mol. The van der Waals surface area contributed by atoms with Crippen LogP contribution in [0.3, 0.4) is 0 Å². The molecule has 1 aromatic rings. The molecule has 41 heavy (non-hydrogen) atoms. The topological polar surface area (TPSA) is 240 Å². The summed E-state index contributed by atoms with van der Waals surface area (Å²) in [5, 5.41) is 24.6. The first-order valence-corrected chi connectivity index (χ1v) is 14.9. The summed E-state index contributed by atoms with van der Waals surface area (Å²) in [7, 11) is -6.10. The number of phenolic OH excluding ortho intramolecular Hbond substituents is 1. The van der Waals surface area contributed by atoms with Crippen LogP contribution in [-0.4, -0.2) is 114 Å². The van der Waals surface area contributed by atoms with Gasteiger partial charge in [0.25, 0.3) is 5.91 Å². The Labute approximate surface area is 235 Å². The molecule has 2 unspecified atom stereocenters. The van der Waals surface area contributed by atoms with Gasteiger partial charge in [0, 0.05) is 0 Å². The molecule has 3 fully saturated rings. The fourth-order valence-electron chi connectivity index (χ4n) is 5.05. The van der Waals surface area contributed by atoms with Crippen LogP contribution in [0.15, 0.2) is 24.3 Å². The third-order valence-electron chi connectivity index (χ3n) is 7.07. The maximum Gasteiger partial charge on any atom is 0.341 e. The van der Waals surface area contributed by atoms with E-state index in [1.54, 1.807) is 0 Å². The molecule has 4 rings (SSSR count). The van der Waals surface area contributed by atoms with Crippen molar-refractivity contribution in [3.8, 4) is 5.75 Å². The Bertz CT molecular complexity index is 1480. The standard InChI is InChI=1S/C22H26N6O11S2/c1-21(2)14(16(32)33)28-17(34)22(23-10-29,18(28)40(21)37)25-15(31)13(11-4-6-12(30)7-5-11)24-19(35)26-8-9-27(20(26)36)41(3,38)39/h4-7,10,13-14,18,30H,8-9H2,1-3H3,(H,23,29)(H,24,35)(H,25,31)(H,32,33)/t13?,14-,18+,22+,40?/m0/s1. The first-order valence-electron chi connectivity index (χ1n) is 11.9. The van der Waals surface area contributed by atoms with Gasteiger partial charge in [0.1, 0.15) is 17.8 Å². The molecular weight excluding hydrogens is 588 g/mol. The van der Waals surface area contributed by atoms with Crippen LogP contribution in [0.25, 0.3) is 0 Å². The molecule has 3 heterocycles. The van der Waals surface area contributed by atoms with E-state index in [0.717, 1.165) is 11.2 Å². The van der Waals surface area contributed by atoms with Crippen LogP contribution in [0.1, 0.15) is 25.5 Å². The highest BCUT2D eigenvalue weighted by Gasteiger charge is 2.76. The van der Waals surface area contributed by atoms with E-state index in [9.17, 15) is 51.6 Å². The minimum absolute atomic E-state index is 0.0291. The number of nitrogens with one attached hydrogen (secondary N) is 3. The van der Waals surface area contributed by atoms with Crippen molar-refractivity contribution in [3.63, 3.8) is 0 Å². The van der Waals surface area contributed by atoms with E-state index in [4.69, 9.17) is 0 Å². The maximum atomic E-state index is 13.6. The van der Waals surface area contributed by atoms with Crippen molar-refractivity contribution < 1.29 is 51.6 Å². The molecule has 0 bridgehead atoms. The smallest absolute Gasteiger partial charge is 0.341 e. The Balaban J connectivity index is 1.67. The van der Waals surface area contributed by atoms with E-state index in [1.807, 2.05) is 0 Å². The Hall–Kier alpha value is -4.26. The van der Waals surface area contributed by atoms with Crippen molar-refractivity contribution in [2.45, 2.75) is 41.7 Å². The number of rotatable bonds is 8. The van der Waals surface area contributed by atoms with Crippen LogP contribution in [-0.2, 0) is 40.0 Å². The molecule has 17 nitrogen and oxygen atoms in total. The van der Waals surface area contributed by atoms with Crippen LogP contribution in [0, 0.1) is 0 Å². The lowest BCUT2D eigenvalue weighted by Crippen LogP contribution is -2.86. The highest BCUT2D eigenvalue weighted by molar-refractivity contribution is 7.89. The third-order valence-corrected chi connectivity index (χ3v) is 10.5. The largest absolute Gasteiger partial charge is 0.508 e. The minimum Gasteiger partial charge on any atom is -0.508 e. The number of phenols is 1. The summed E-state index contributed by atoms with van der Waals surface area (Å²) < 4.78 is 36.0. The summed E-state index contributed by atoms with van der Waals surface area (Å²) in [4.78, 5) is 77.3. The van der Waals surface area contributed by atoms with Crippen LogP contribution in [0.4, 0.5) is 9.59 Å². The number of aliphatic carboxylic acids is 1. The second-order valence-corrected chi connectivity index (χ2v) is 14.0. The summed E-state index contributed by atoms with van der Waals surface area (Å²) in [5.74, 6) is -3.86. The molecular formula is C22H26N6O11S2. The molecule has 3 aliphatic rings. The van der Waals surface area contributed by atoms with Gasteiger partial charge in [-0.2, -0.15) is 0 Å². The summed E-state index contributed by atoms with van der Waals surface area (Å²) in [6.45, 7) is 2.05. The number of imide groups is 1. The van der Waals surface area contributed by atoms with Crippen molar-refractivity contribution in [2.75, 3.05) is 19.3 Å². The van der Waals surface area contributed by atoms with Crippen molar-refractivity contribution in [1.29, 1.82) is 0 Å². The van der Waals surface area contributed by atoms with Gasteiger partial charge >= 0.3 is 18.0 Å². The lowest BCUT2D eigenvalue weighted by atomic mass is 9.91. The molecule has 0 saturated carbocycles. The highest BCUT2D eigenvalue weighted by Crippen LogP contribution is 2.47. The molecule has 3 aliphatic heterocycles. The fraction of sp³-hybridized carbons (Fsp3) is 0.455. The molecule has 1 aromatic carbocycles. The molecule has 0 radical (unpaired) electrons. The minimum atomic E-state index is -3.99. The zero-order chi connectivity index (χ0) is 30.7. The van der Waals surface area contributed by atoms with E-state index >= 15 is 0 Å². The van der Waals surface area contributed by atoms with Gasteiger partial charge in [-0.3, -0.25) is 18.6 Å². The molecule has 3 saturated heterocycles. The Morgan fingerprint density at radius 2 is 1.76 bits per heavy atom. The van der Waals surface area contributed by atoms with Crippen LogP contribution >= 0.6 is 0 Å². The van der Waals surface area contributed by atoms with Gasteiger partial charge in [-0.1, -0.05) is 12.1 Å². The number of amides is 7. The van der Waals surface area contributed by atoms with Gasteiger partial charge in [-0.15, -0.1) is 0 Å². The number of aromatic hydroxyl groups is 1. The highest BCUT2D eigenvalue weighted by atomic mass is 32.2. The summed E-state index contributed by atoms with van der Waals surface area (Å²) in [5.41, 5.74) is -2.32. The van der Waals surface area contributed by atoms with E-state index < -0.39 is 78.5 Å². The number of urea groups is 2. The lowest BCUT2D eigenvalue weighted by molar-refractivity contribution is -0.172. The van der Waals surface area contributed by atoms with Crippen molar-refractivity contribution in [3.05, 3.63) is 29.8 Å². The number of hydrogen-bond donors (Lipinski definition) is 5. The summed E-state index contributed by atoms with van der Waals surface area (Å²) in [6.07, 6.45) is 0.838. The quantitative estimate of drug-likeness (QED) is 0.117. The van der Waals surface area contributed by atoms with Gasteiger partial charge in [0.15, 0.2) is 5.37 Å². The molecule has 19 heteroatoms. The van der Waals surface area contributed by atoms with Gasteiger partial charge < -0.3 is 31.1 Å². The van der Waals surface area contributed by atoms with E-state index in [1.165, 1.54) is 38.1 Å². The number of β-lactam (4-membered cyclic amide) rings is 1. The monoisotopic (exact) mass is 614 g/mol. The predicted octanol–water partition coefficient (Wildman–Crippen LogP) is -2.44. The van der Waals surface area contributed by atoms with Crippen molar-refractivity contribution >= 4 is 57.1 Å². The summed E-state index contributed by atoms with van der Waals surface area (Å²) >= 11 is 0. The Morgan fingerprint density at radius 3 is 2.27 bits per heavy atom. The number of fused-ring (bicyclic) bond motifs is 1. The number of carboxylic acids is 1. The van der Waals surface area contributed by atoms with E-state index in [2.05, 4.69) is 16.0 Å². The van der Waals surface area contributed by atoms with E-state index in [-0.39, 0.29) is 30.8 Å². The Kier molecular flexibility index (Phi) is 7.23. The second-order valence-electron chi connectivity index (χ2n) is 10.0. The number of carbonyl (C=O) groups is 6. The molecule has 0 spiro atoms. The van der Waals surface area contributed by atoms with Crippen LogP contribution in [0.2, 0.25) is 0 Å². The third kappa shape index (κ3) is 4.63. The van der Waals surface area contributed by atoms with Gasteiger partial charge in [0.2, 0.25) is 28.0 Å². The number of nitrogens with zero attached hydrogens (tertiary/aromatic N) is 3. The zero-order valence-corrected chi connectivity index (χ0v) is 23.4. The van der Waals surface area contributed by atoms with Gasteiger partial charge in [-0.05, 0) is 31.5 Å². The van der Waals surface area contributed by atoms with Crippen molar-refractivity contribution in [2.24, 2.45) is 0 Å². The molecule has 5 N–H and O–H groups in total. The Morgan fingerprint density at radius 1 is 1.15 bits per heavy atom. The fourth-order valence-corrected chi connectivity index (χ4v) is 7.83. The zero-order valence-electron chi connectivity index (χ0n) is 21.8. The normalized spacial score (nSPS) is 27.5. The summed E-state index contributed by atoms with van der Waals surface area (Å²) in [6, 6.07) is -0.751. The molecule has 7 amide bonds. The maximum absolute atomic E-state index is 13.6. The lowest BCUT2D eigenvalue weighted by Gasteiger charge is -2.52. The first kappa shape index (κ1) is 29.7. The average Bonchev–Trinajstić information content (AvgIpc) is 3.36. The SMILES string of the molecule is CC1(C)[C@H](C(=O)O)N2C(=O)[C@@](NC=O)(NC(=O)C(NC(=O)N3CCN(S(C)(=O)=O)C3=O)c3ccc(O)cc3)[C@H]2S1=O. The van der Waals surface area contributed by atoms with Crippen LogP contribution < -0.4 is 16.0 Å². The molecule has 222 valence electrons.